The number of likely N-dealkylation sites (tertiary alicyclic amines) is 1. The van der Waals surface area contributed by atoms with E-state index in [1.165, 1.54) is 7.11 Å². The highest BCUT2D eigenvalue weighted by atomic mass is 16.5. The number of guanidine groups is 1. The molecular weight excluding hydrogens is 298 g/mol. The number of aromatic nitrogens is 2. The Morgan fingerprint density at radius 1 is 1.52 bits per heavy atom. The normalized spacial score (nSPS) is 21.6. The van der Waals surface area contributed by atoms with Crippen LogP contribution in [-0.2, 0) is 16.0 Å². The predicted octanol–water partition coefficient (Wildman–Crippen LogP) is 0.627. The molecule has 0 amide bonds. The molecule has 1 N–H and O–H groups in total. The first-order valence-electron chi connectivity index (χ1n) is 7.87. The number of aliphatic imine (C=N–C) groups is 1. The number of esters is 1. The Kier molecular flexibility index (Phi) is 5.95. The number of ether oxygens (including phenoxy) is 1. The molecule has 0 saturated carbocycles. The van der Waals surface area contributed by atoms with Crippen molar-refractivity contribution in [3.05, 3.63) is 11.7 Å². The summed E-state index contributed by atoms with van der Waals surface area (Å²) in [5.74, 6) is 2.12. The third-order valence-corrected chi connectivity index (χ3v) is 4.05. The molecule has 1 aliphatic rings. The van der Waals surface area contributed by atoms with Gasteiger partial charge in [-0.05, 0) is 19.3 Å². The molecule has 8 nitrogen and oxygen atoms in total. The number of carbonyl (C=O) groups is 1. The molecule has 0 bridgehead atoms. The molecule has 8 heteroatoms. The average Bonchev–Trinajstić information content (AvgIpc) is 3.12. The van der Waals surface area contributed by atoms with E-state index < -0.39 is 0 Å². The Balaban J connectivity index is 1.78. The van der Waals surface area contributed by atoms with Gasteiger partial charge < -0.3 is 19.5 Å². The van der Waals surface area contributed by atoms with Crippen LogP contribution in [0.25, 0.3) is 0 Å². The Morgan fingerprint density at radius 2 is 2.30 bits per heavy atom. The van der Waals surface area contributed by atoms with Gasteiger partial charge in [-0.25, -0.2) is 0 Å². The summed E-state index contributed by atoms with van der Waals surface area (Å²) in [6.45, 7) is 6.05. The number of hydrogen-bond donors (Lipinski definition) is 1. The van der Waals surface area contributed by atoms with Crippen LogP contribution in [-0.4, -0.2) is 60.8 Å². The van der Waals surface area contributed by atoms with E-state index in [-0.39, 0.29) is 17.8 Å². The molecule has 1 saturated heterocycles. The molecule has 2 atom stereocenters. The second-order valence-corrected chi connectivity index (χ2v) is 5.82. The SMILES string of the molecule is CN=C(NCCCc1nc(C)no1)N1CC(C)C(C(=O)OC)C1. The van der Waals surface area contributed by atoms with Gasteiger partial charge in [-0.2, -0.15) is 4.98 Å². The number of nitrogens with one attached hydrogen (secondary N) is 1. The standard InChI is InChI=1S/C15H25N5O3/c1-10-8-20(9-12(10)14(21)22-4)15(16-3)17-7-5-6-13-18-11(2)19-23-13/h10,12H,5-9H2,1-4H3,(H,16,17). The number of hydrogen-bond acceptors (Lipinski definition) is 6. The van der Waals surface area contributed by atoms with Gasteiger partial charge in [0, 0.05) is 33.1 Å². The summed E-state index contributed by atoms with van der Waals surface area (Å²) in [7, 11) is 3.18. The van der Waals surface area contributed by atoms with Crippen LogP contribution >= 0.6 is 0 Å². The van der Waals surface area contributed by atoms with E-state index in [1.807, 2.05) is 0 Å². The van der Waals surface area contributed by atoms with E-state index in [4.69, 9.17) is 9.26 Å². The summed E-state index contributed by atoms with van der Waals surface area (Å²) in [4.78, 5) is 22.3. The van der Waals surface area contributed by atoms with Crippen molar-refractivity contribution in [3.63, 3.8) is 0 Å². The lowest BCUT2D eigenvalue weighted by Gasteiger charge is -2.21. The number of carbonyl (C=O) groups excluding carboxylic acids is 1. The summed E-state index contributed by atoms with van der Waals surface area (Å²) >= 11 is 0. The zero-order valence-electron chi connectivity index (χ0n) is 14.2. The summed E-state index contributed by atoms with van der Waals surface area (Å²) in [5, 5.41) is 7.09. The lowest BCUT2D eigenvalue weighted by atomic mass is 9.99. The molecular formula is C15H25N5O3. The molecule has 128 valence electrons. The monoisotopic (exact) mass is 323 g/mol. The van der Waals surface area contributed by atoms with Crippen LogP contribution in [0.4, 0.5) is 0 Å². The van der Waals surface area contributed by atoms with Crippen molar-refractivity contribution in [1.29, 1.82) is 0 Å². The molecule has 1 aromatic rings. The van der Waals surface area contributed by atoms with E-state index in [0.29, 0.717) is 18.3 Å². The van der Waals surface area contributed by atoms with Gasteiger partial charge in [0.2, 0.25) is 5.89 Å². The van der Waals surface area contributed by atoms with Crippen LogP contribution in [0.15, 0.2) is 9.52 Å². The highest BCUT2D eigenvalue weighted by Gasteiger charge is 2.36. The van der Waals surface area contributed by atoms with Gasteiger partial charge in [0.05, 0.1) is 13.0 Å². The Hall–Kier alpha value is -2.12. The van der Waals surface area contributed by atoms with Crippen LogP contribution in [0.5, 0.6) is 0 Å². The molecule has 0 radical (unpaired) electrons. The largest absolute Gasteiger partial charge is 0.469 e. The third kappa shape index (κ3) is 4.43. The van der Waals surface area contributed by atoms with Gasteiger partial charge in [-0.15, -0.1) is 0 Å². The van der Waals surface area contributed by atoms with Crippen molar-refractivity contribution in [2.45, 2.75) is 26.7 Å². The van der Waals surface area contributed by atoms with Gasteiger partial charge in [0.1, 0.15) is 0 Å². The molecule has 2 heterocycles. The van der Waals surface area contributed by atoms with Gasteiger partial charge in [0.15, 0.2) is 11.8 Å². The molecule has 2 unspecified atom stereocenters. The fourth-order valence-corrected chi connectivity index (χ4v) is 2.81. The molecule has 1 aliphatic heterocycles. The maximum Gasteiger partial charge on any atom is 0.310 e. The highest BCUT2D eigenvalue weighted by Crippen LogP contribution is 2.24. The molecule has 23 heavy (non-hydrogen) atoms. The highest BCUT2D eigenvalue weighted by molar-refractivity contribution is 5.82. The van der Waals surface area contributed by atoms with Crippen LogP contribution in [0.3, 0.4) is 0 Å². The lowest BCUT2D eigenvalue weighted by molar-refractivity contribution is -0.145. The van der Waals surface area contributed by atoms with E-state index in [1.54, 1.807) is 14.0 Å². The number of rotatable bonds is 5. The maximum atomic E-state index is 11.8. The molecule has 0 aromatic carbocycles. The van der Waals surface area contributed by atoms with Crippen molar-refractivity contribution in [2.75, 3.05) is 33.8 Å². The summed E-state index contributed by atoms with van der Waals surface area (Å²) < 4.78 is 9.95. The minimum Gasteiger partial charge on any atom is -0.469 e. The smallest absolute Gasteiger partial charge is 0.310 e. The summed E-state index contributed by atoms with van der Waals surface area (Å²) in [6.07, 6.45) is 1.59. The van der Waals surface area contributed by atoms with Gasteiger partial charge in [0.25, 0.3) is 0 Å². The Labute approximate surface area is 136 Å². The first-order valence-corrected chi connectivity index (χ1v) is 7.87. The van der Waals surface area contributed by atoms with Crippen LogP contribution in [0, 0.1) is 18.8 Å². The Bertz CT molecular complexity index is 557. The maximum absolute atomic E-state index is 11.8. The van der Waals surface area contributed by atoms with Crippen molar-refractivity contribution in [3.8, 4) is 0 Å². The quantitative estimate of drug-likeness (QED) is 0.367. The van der Waals surface area contributed by atoms with Crippen molar-refractivity contribution >= 4 is 11.9 Å². The van der Waals surface area contributed by atoms with Crippen molar-refractivity contribution < 1.29 is 14.1 Å². The molecule has 2 rings (SSSR count). The van der Waals surface area contributed by atoms with E-state index >= 15 is 0 Å². The average molecular weight is 323 g/mol. The summed E-state index contributed by atoms with van der Waals surface area (Å²) in [5.41, 5.74) is 0. The fraction of sp³-hybridized carbons (Fsp3) is 0.733. The predicted molar refractivity (Wildman–Crippen MR) is 85.0 cm³/mol. The van der Waals surface area contributed by atoms with Gasteiger partial charge in [-0.1, -0.05) is 12.1 Å². The second kappa shape index (κ2) is 7.94. The van der Waals surface area contributed by atoms with E-state index in [2.05, 4.69) is 32.3 Å². The Morgan fingerprint density at radius 3 is 2.91 bits per heavy atom. The molecule has 1 aromatic heterocycles. The molecule has 0 aliphatic carbocycles. The molecule has 1 fully saturated rings. The zero-order valence-corrected chi connectivity index (χ0v) is 14.2. The number of aryl methyl sites for hydroxylation is 2. The number of nitrogens with zero attached hydrogens (tertiary/aromatic N) is 4. The molecule has 0 spiro atoms. The fourth-order valence-electron chi connectivity index (χ4n) is 2.81. The topological polar surface area (TPSA) is 92.9 Å². The van der Waals surface area contributed by atoms with E-state index in [9.17, 15) is 4.79 Å². The van der Waals surface area contributed by atoms with Gasteiger partial charge >= 0.3 is 5.97 Å². The lowest BCUT2D eigenvalue weighted by Crippen LogP contribution is -2.41. The summed E-state index contributed by atoms with van der Waals surface area (Å²) in [6, 6.07) is 0. The van der Waals surface area contributed by atoms with Gasteiger partial charge in [-0.3, -0.25) is 9.79 Å². The van der Waals surface area contributed by atoms with E-state index in [0.717, 1.165) is 31.9 Å². The minimum absolute atomic E-state index is 0.0973. The number of methoxy groups -OCH3 is 1. The van der Waals surface area contributed by atoms with Crippen molar-refractivity contribution in [1.82, 2.24) is 20.4 Å². The van der Waals surface area contributed by atoms with Crippen LogP contribution in [0.2, 0.25) is 0 Å². The van der Waals surface area contributed by atoms with Crippen molar-refractivity contribution in [2.24, 2.45) is 16.8 Å². The zero-order chi connectivity index (χ0) is 16.8. The third-order valence-electron chi connectivity index (χ3n) is 4.05. The van der Waals surface area contributed by atoms with Crippen LogP contribution < -0.4 is 5.32 Å². The first-order chi connectivity index (χ1) is 11.0. The second-order valence-electron chi connectivity index (χ2n) is 5.82. The first kappa shape index (κ1) is 17.2. The minimum atomic E-state index is -0.151. The van der Waals surface area contributed by atoms with Crippen LogP contribution in [0.1, 0.15) is 25.1 Å².